The first kappa shape index (κ1) is 45.1. The van der Waals surface area contributed by atoms with Crippen LogP contribution in [0.2, 0.25) is 10.0 Å². The molecule has 3 N–H and O–H groups in total. The SMILES string of the molecule is O=C(CCl)NCc1ccco1.O=C(COc1cccc(Cl)c1)NCc1ccco1.O=CO[O-].Oc1cccc(Cl)c1.[Cs+].[Cs+].[H-]. The van der Waals surface area contributed by atoms with Crippen molar-refractivity contribution in [3.8, 4) is 11.5 Å². The largest absolute Gasteiger partial charge is 1.00 e. The zero-order valence-corrected chi connectivity index (χ0v) is 38.2. The third-order valence-corrected chi connectivity index (χ3v) is 4.93. The molecule has 4 aromatic rings. The molecule has 11 nitrogen and oxygen atoms in total. The molecule has 16 heteroatoms. The molecule has 0 atom stereocenters. The van der Waals surface area contributed by atoms with Crippen LogP contribution in [0, 0.1) is 0 Å². The van der Waals surface area contributed by atoms with E-state index >= 15 is 0 Å². The summed E-state index contributed by atoms with van der Waals surface area (Å²) in [6, 6.07) is 20.5. The van der Waals surface area contributed by atoms with E-state index in [0.717, 1.165) is 5.76 Å². The maximum atomic E-state index is 11.5. The summed E-state index contributed by atoms with van der Waals surface area (Å²) in [5, 5.41) is 23.5. The Morgan fingerprint density at radius 3 is 1.77 bits per heavy atom. The van der Waals surface area contributed by atoms with Gasteiger partial charge in [-0.1, -0.05) is 35.3 Å². The number of rotatable bonds is 9. The normalized spacial score (nSPS) is 8.84. The number of furan rings is 2. The minimum absolute atomic E-state index is 0. The molecule has 0 bridgehead atoms. The number of carbonyl (C=O) groups excluding carboxylic acids is 3. The van der Waals surface area contributed by atoms with Crippen molar-refractivity contribution in [2.75, 3.05) is 12.5 Å². The molecule has 2 aromatic carbocycles. The molecule has 0 aliphatic carbocycles. The predicted octanol–water partition coefficient (Wildman–Crippen LogP) is -1.64. The number of amides is 2. The maximum Gasteiger partial charge on any atom is 1.00 e. The number of hydrogen-bond donors (Lipinski definition) is 3. The Bertz CT molecular complexity index is 1270. The number of phenolic OH excluding ortho intramolecular Hbond substituents is 1. The van der Waals surface area contributed by atoms with E-state index in [1.54, 1.807) is 79.3 Å². The van der Waals surface area contributed by atoms with Crippen LogP contribution >= 0.6 is 34.8 Å². The Morgan fingerprint density at radius 2 is 1.37 bits per heavy atom. The molecule has 2 aromatic heterocycles. The number of nitrogens with one attached hydrogen (secondary N) is 2. The molecule has 4 rings (SSSR count). The molecular weight excluding hydrogens is 868 g/mol. The van der Waals surface area contributed by atoms with Crippen LogP contribution in [-0.4, -0.2) is 35.9 Å². The Labute approximate surface area is 382 Å². The van der Waals surface area contributed by atoms with Crippen molar-refractivity contribution < 1.29 is 182 Å². The van der Waals surface area contributed by atoms with Gasteiger partial charge in [0.25, 0.3) is 12.4 Å². The van der Waals surface area contributed by atoms with Gasteiger partial charge in [-0.15, -0.1) is 11.6 Å². The second kappa shape index (κ2) is 29.4. The summed E-state index contributed by atoms with van der Waals surface area (Å²) >= 11 is 16.5. The van der Waals surface area contributed by atoms with Crippen LogP contribution in [0.1, 0.15) is 12.9 Å². The van der Waals surface area contributed by atoms with Crippen LogP contribution < -0.4 is 158 Å². The van der Waals surface area contributed by atoms with E-state index < -0.39 is 0 Å². The van der Waals surface area contributed by atoms with Crippen molar-refractivity contribution >= 4 is 53.1 Å². The standard InChI is InChI=1S/C13H12ClNO3.C7H8ClNO2.C6H5ClO.CH2O3.2Cs.H/c14-10-3-1-4-11(7-10)18-9-13(16)15-8-12-5-2-6-17-12;8-4-7(10)9-5-6-2-1-3-11-6;7-5-2-1-3-6(8)4-5;2-1-4-3;;;/h1-7H,8-9H2,(H,15,16);1-3H,4-5H2,(H,9,10);1-4,8H;1,3H;;;/q;;;;2*+1;-1/p-1. The first-order chi connectivity index (χ1) is 19.8. The van der Waals surface area contributed by atoms with Crippen LogP contribution in [0.15, 0.2) is 94.2 Å². The van der Waals surface area contributed by atoms with E-state index in [9.17, 15) is 9.59 Å². The second-order valence-electron chi connectivity index (χ2n) is 7.26. The molecule has 0 aliphatic heterocycles. The molecule has 43 heavy (non-hydrogen) atoms. The molecule has 0 fully saturated rings. The second-order valence-corrected chi connectivity index (χ2v) is 8.40. The Morgan fingerprint density at radius 1 is 0.860 bits per heavy atom. The van der Waals surface area contributed by atoms with Gasteiger partial charge in [-0.3, -0.25) is 14.4 Å². The molecule has 0 saturated carbocycles. The van der Waals surface area contributed by atoms with E-state index in [0.29, 0.717) is 34.6 Å². The first-order valence-electron chi connectivity index (χ1n) is 11.5. The third kappa shape index (κ3) is 24.8. The Kier molecular flexibility index (Phi) is 30.8. The molecule has 0 spiro atoms. The number of halogens is 3. The zero-order valence-electron chi connectivity index (χ0n) is 24.3. The fourth-order valence-electron chi connectivity index (χ4n) is 2.48. The maximum absolute atomic E-state index is 11.5. The minimum Gasteiger partial charge on any atom is -1.00 e. The van der Waals surface area contributed by atoms with Crippen molar-refractivity contribution in [3.63, 3.8) is 0 Å². The number of phenols is 1. The molecule has 0 radical (unpaired) electrons. The topological polar surface area (TPSA) is 163 Å². The van der Waals surface area contributed by atoms with Gasteiger partial charge in [0.15, 0.2) is 6.61 Å². The van der Waals surface area contributed by atoms with E-state index in [4.69, 9.17) is 63.5 Å². The molecule has 0 saturated heterocycles. The summed E-state index contributed by atoms with van der Waals surface area (Å²) in [5.41, 5.74) is 0. The zero-order chi connectivity index (χ0) is 30.3. The van der Waals surface area contributed by atoms with Crippen LogP contribution in [0.25, 0.3) is 0 Å². The average Bonchev–Trinajstić information content (AvgIpc) is 3.69. The first-order valence-corrected chi connectivity index (χ1v) is 12.8. The average molecular weight is 896 g/mol. The number of aromatic hydroxyl groups is 1. The summed E-state index contributed by atoms with van der Waals surface area (Å²) in [6.07, 6.45) is 3.12. The van der Waals surface area contributed by atoms with Gasteiger partial charge in [0.1, 0.15) is 28.9 Å². The van der Waals surface area contributed by atoms with Gasteiger partial charge in [-0.2, -0.15) is 0 Å². The van der Waals surface area contributed by atoms with Crippen molar-refractivity contribution in [1.82, 2.24) is 10.6 Å². The van der Waals surface area contributed by atoms with Crippen LogP contribution in [0.5, 0.6) is 11.5 Å². The van der Waals surface area contributed by atoms with Crippen molar-refractivity contribution in [1.29, 1.82) is 0 Å². The number of ether oxygens (including phenoxy) is 1. The van der Waals surface area contributed by atoms with Gasteiger partial charge >= 0.3 is 138 Å². The van der Waals surface area contributed by atoms with Crippen LogP contribution in [-0.2, 0) is 32.4 Å². The quantitative estimate of drug-likeness (QED) is 0.0776. The summed E-state index contributed by atoms with van der Waals surface area (Å²) < 4.78 is 15.4. The van der Waals surface area contributed by atoms with Gasteiger partial charge in [-0.25, -0.2) is 0 Å². The predicted molar refractivity (Wildman–Crippen MR) is 150 cm³/mol. The van der Waals surface area contributed by atoms with Crippen molar-refractivity contribution in [3.05, 3.63) is 107 Å². The van der Waals surface area contributed by atoms with Crippen molar-refractivity contribution in [2.45, 2.75) is 13.1 Å². The van der Waals surface area contributed by atoms with Crippen LogP contribution in [0.3, 0.4) is 0 Å². The van der Waals surface area contributed by atoms with E-state index in [1.165, 1.54) is 6.07 Å². The number of alkyl halides is 1. The van der Waals surface area contributed by atoms with E-state index in [-0.39, 0.29) is 176 Å². The van der Waals surface area contributed by atoms with Gasteiger partial charge in [0.05, 0.1) is 25.6 Å². The van der Waals surface area contributed by atoms with Gasteiger partial charge in [0.2, 0.25) is 5.91 Å². The molecule has 2 heterocycles. The van der Waals surface area contributed by atoms with Gasteiger partial charge < -0.3 is 40.9 Å². The summed E-state index contributed by atoms with van der Waals surface area (Å²) in [4.78, 5) is 33.4. The van der Waals surface area contributed by atoms with E-state index in [2.05, 4.69) is 15.5 Å². The summed E-state index contributed by atoms with van der Waals surface area (Å²) in [6.45, 7) is 0.518. The molecular formula is C27H27Cl3Cs2N2O9. The van der Waals surface area contributed by atoms with Crippen LogP contribution in [0.4, 0.5) is 0 Å². The van der Waals surface area contributed by atoms with Crippen molar-refractivity contribution in [2.24, 2.45) is 0 Å². The monoisotopic (exact) mass is 894 g/mol. The molecule has 222 valence electrons. The van der Waals surface area contributed by atoms with Gasteiger partial charge in [-0.05, 0) is 60.7 Å². The molecule has 2 amide bonds. The smallest absolute Gasteiger partial charge is 1.00 e. The fourth-order valence-corrected chi connectivity index (χ4v) is 2.94. The fraction of sp³-hybridized carbons (Fsp3) is 0.148. The third-order valence-electron chi connectivity index (χ3n) is 4.21. The van der Waals surface area contributed by atoms with Gasteiger partial charge in [0, 0.05) is 10.0 Å². The molecule has 0 unspecified atom stereocenters. The minimum atomic E-state index is -0.216. The number of carbonyl (C=O) groups is 3. The number of hydrogen-bond acceptors (Lipinski definition) is 9. The number of benzene rings is 2. The van der Waals surface area contributed by atoms with E-state index in [1.807, 2.05) is 0 Å². The summed E-state index contributed by atoms with van der Waals surface area (Å²) in [7, 11) is 0. The summed E-state index contributed by atoms with van der Waals surface area (Å²) in [5.74, 6) is 1.78. The Hall–Kier alpha value is -0.0561. The Balaban J connectivity index is -0.000000558. The molecule has 0 aliphatic rings.